The first-order chi connectivity index (χ1) is 11.8. The van der Waals surface area contributed by atoms with Crippen molar-refractivity contribution >= 4 is 49.9 Å². The third kappa shape index (κ3) is 3.93. The van der Waals surface area contributed by atoms with Crippen LogP contribution in [0.1, 0.15) is 25.6 Å². The van der Waals surface area contributed by atoms with Gasteiger partial charge in [0.05, 0.1) is 14.9 Å². The van der Waals surface area contributed by atoms with Crippen molar-refractivity contribution in [2.45, 2.75) is 24.7 Å². The first kappa shape index (κ1) is 18.8. The number of halogens is 2. The van der Waals surface area contributed by atoms with Gasteiger partial charge in [-0.3, -0.25) is 0 Å². The fourth-order valence-electron chi connectivity index (χ4n) is 2.50. The van der Waals surface area contributed by atoms with Crippen molar-refractivity contribution in [3.63, 3.8) is 0 Å². The van der Waals surface area contributed by atoms with Crippen molar-refractivity contribution in [1.82, 2.24) is 13.7 Å². The zero-order valence-electron chi connectivity index (χ0n) is 13.8. The van der Waals surface area contributed by atoms with Gasteiger partial charge in [0.2, 0.25) is 15.2 Å². The molecule has 0 radical (unpaired) electrons. The molecule has 3 rings (SSSR count). The number of hydrogen-bond acceptors (Lipinski definition) is 6. The Balaban J connectivity index is 1.71. The molecule has 1 aromatic carbocycles. The molecule has 0 bridgehead atoms. The van der Waals surface area contributed by atoms with Gasteiger partial charge in [-0.2, -0.15) is 8.68 Å². The van der Waals surface area contributed by atoms with Crippen LogP contribution < -0.4 is 4.90 Å². The summed E-state index contributed by atoms with van der Waals surface area (Å²) in [5.41, 5.74) is 0. The molecule has 2 heterocycles. The summed E-state index contributed by atoms with van der Waals surface area (Å²) >= 11 is 13.2. The standard InChI is InChI=1S/C15H18Cl2N4O2S2/c1-10(2)14-18-15(24-19-14)20-5-7-21(8-6-20)25(22,23)11-3-4-12(16)13(17)9-11/h3-4,9-10H,5-8H2,1-2H3. The second kappa shape index (κ2) is 7.36. The number of nitrogens with zero attached hydrogens (tertiary/aromatic N) is 4. The van der Waals surface area contributed by atoms with Gasteiger partial charge >= 0.3 is 0 Å². The average Bonchev–Trinajstić information content (AvgIpc) is 3.08. The smallest absolute Gasteiger partial charge is 0.243 e. The number of benzene rings is 1. The second-order valence-electron chi connectivity index (χ2n) is 6.06. The van der Waals surface area contributed by atoms with Crippen molar-refractivity contribution in [1.29, 1.82) is 0 Å². The highest BCUT2D eigenvalue weighted by molar-refractivity contribution is 7.89. The Morgan fingerprint density at radius 1 is 1.12 bits per heavy atom. The molecule has 25 heavy (non-hydrogen) atoms. The average molecular weight is 421 g/mol. The van der Waals surface area contributed by atoms with E-state index in [0.717, 1.165) is 11.0 Å². The van der Waals surface area contributed by atoms with Crippen molar-refractivity contribution in [2.75, 3.05) is 31.1 Å². The quantitative estimate of drug-likeness (QED) is 0.756. The van der Waals surface area contributed by atoms with Gasteiger partial charge < -0.3 is 4.90 Å². The van der Waals surface area contributed by atoms with Crippen molar-refractivity contribution < 1.29 is 8.42 Å². The van der Waals surface area contributed by atoms with Crippen molar-refractivity contribution in [3.05, 3.63) is 34.1 Å². The van der Waals surface area contributed by atoms with E-state index in [1.165, 1.54) is 34.0 Å². The number of hydrogen-bond donors (Lipinski definition) is 0. The SMILES string of the molecule is CC(C)c1nsc(N2CCN(S(=O)(=O)c3ccc(Cl)c(Cl)c3)CC2)n1. The molecule has 1 aliphatic rings. The molecule has 1 aromatic heterocycles. The van der Waals surface area contributed by atoms with Crippen LogP contribution in [0.4, 0.5) is 5.13 Å². The van der Waals surface area contributed by atoms with Crippen LogP contribution in [0.3, 0.4) is 0 Å². The van der Waals surface area contributed by atoms with Gasteiger partial charge in [-0.1, -0.05) is 37.0 Å². The van der Waals surface area contributed by atoms with Gasteiger partial charge in [-0.25, -0.2) is 13.4 Å². The van der Waals surface area contributed by atoms with E-state index in [-0.39, 0.29) is 15.8 Å². The van der Waals surface area contributed by atoms with Crippen LogP contribution in [0.15, 0.2) is 23.1 Å². The minimum atomic E-state index is -3.58. The number of sulfonamides is 1. The maximum Gasteiger partial charge on any atom is 0.243 e. The zero-order chi connectivity index (χ0) is 18.2. The van der Waals surface area contributed by atoms with Gasteiger partial charge in [0.15, 0.2) is 0 Å². The van der Waals surface area contributed by atoms with E-state index in [1.807, 2.05) is 13.8 Å². The Kier molecular flexibility index (Phi) is 5.55. The van der Waals surface area contributed by atoms with Gasteiger partial charge in [-0.05, 0) is 18.2 Å². The second-order valence-corrected chi connectivity index (χ2v) is 9.54. The highest BCUT2D eigenvalue weighted by Crippen LogP contribution is 2.28. The molecule has 0 saturated carbocycles. The van der Waals surface area contributed by atoms with Crippen LogP contribution in [0.2, 0.25) is 10.0 Å². The van der Waals surface area contributed by atoms with E-state index in [2.05, 4.69) is 14.3 Å². The Morgan fingerprint density at radius 2 is 1.80 bits per heavy atom. The first-order valence-corrected chi connectivity index (χ1v) is 10.8. The molecule has 1 saturated heterocycles. The van der Waals surface area contributed by atoms with E-state index >= 15 is 0 Å². The van der Waals surface area contributed by atoms with Crippen LogP contribution in [0.25, 0.3) is 0 Å². The predicted octanol–water partition coefficient (Wildman–Crippen LogP) is 3.48. The fraction of sp³-hybridized carbons (Fsp3) is 0.467. The van der Waals surface area contributed by atoms with E-state index in [1.54, 1.807) is 0 Å². The minimum Gasteiger partial charge on any atom is -0.344 e. The summed E-state index contributed by atoms with van der Waals surface area (Å²) < 4.78 is 31.4. The van der Waals surface area contributed by atoms with Crippen LogP contribution >= 0.6 is 34.7 Å². The molecule has 0 amide bonds. The lowest BCUT2D eigenvalue weighted by Crippen LogP contribution is -2.48. The molecule has 0 spiro atoms. The van der Waals surface area contributed by atoms with E-state index in [0.29, 0.717) is 31.2 Å². The molecule has 0 atom stereocenters. The van der Waals surface area contributed by atoms with E-state index < -0.39 is 10.0 Å². The largest absolute Gasteiger partial charge is 0.344 e. The molecule has 1 aliphatic heterocycles. The summed E-state index contributed by atoms with van der Waals surface area (Å²) in [5.74, 6) is 1.10. The Labute approximate surface area is 161 Å². The third-order valence-corrected chi connectivity index (χ3v) is 7.41. The van der Waals surface area contributed by atoms with E-state index in [4.69, 9.17) is 23.2 Å². The molecular formula is C15H18Cl2N4O2S2. The fourth-order valence-corrected chi connectivity index (χ4v) is 5.17. The minimum absolute atomic E-state index is 0.161. The maximum atomic E-state index is 12.8. The van der Waals surface area contributed by atoms with Crippen molar-refractivity contribution in [2.24, 2.45) is 0 Å². The summed E-state index contributed by atoms with van der Waals surface area (Å²) in [4.78, 5) is 6.77. The van der Waals surface area contributed by atoms with Crippen molar-refractivity contribution in [3.8, 4) is 0 Å². The molecule has 1 fully saturated rings. The monoisotopic (exact) mass is 420 g/mol. The van der Waals surface area contributed by atoms with Crippen LogP contribution in [-0.4, -0.2) is 48.3 Å². The third-order valence-electron chi connectivity index (χ3n) is 3.99. The van der Waals surface area contributed by atoms with Gasteiger partial charge in [0.1, 0.15) is 5.82 Å². The lowest BCUT2D eigenvalue weighted by atomic mass is 10.2. The molecule has 0 N–H and O–H groups in total. The Morgan fingerprint density at radius 3 is 2.36 bits per heavy atom. The zero-order valence-corrected chi connectivity index (χ0v) is 17.0. The maximum absolute atomic E-state index is 12.8. The summed E-state index contributed by atoms with van der Waals surface area (Å²) in [7, 11) is -3.58. The molecule has 0 aliphatic carbocycles. The lowest BCUT2D eigenvalue weighted by Gasteiger charge is -2.33. The van der Waals surface area contributed by atoms with Gasteiger partial charge in [-0.15, -0.1) is 0 Å². The Hall–Kier alpha value is -0.930. The summed E-state index contributed by atoms with van der Waals surface area (Å²) in [6.07, 6.45) is 0. The van der Waals surface area contributed by atoms with Crippen LogP contribution in [0, 0.1) is 0 Å². The van der Waals surface area contributed by atoms with E-state index in [9.17, 15) is 8.42 Å². The van der Waals surface area contributed by atoms with Crippen LogP contribution in [0.5, 0.6) is 0 Å². The number of rotatable bonds is 4. The Bertz CT molecular complexity index is 862. The number of piperazine rings is 1. The molecule has 6 nitrogen and oxygen atoms in total. The highest BCUT2D eigenvalue weighted by atomic mass is 35.5. The molecule has 0 unspecified atom stereocenters. The highest BCUT2D eigenvalue weighted by Gasteiger charge is 2.30. The molecule has 10 heteroatoms. The summed E-state index contributed by atoms with van der Waals surface area (Å²) in [6.45, 7) is 6.03. The molecule has 136 valence electrons. The lowest BCUT2D eigenvalue weighted by molar-refractivity contribution is 0.384. The van der Waals surface area contributed by atoms with Gasteiger partial charge in [0, 0.05) is 43.6 Å². The molecule has 2 aromatic rings. The van der Waals surface area contributed by atoms with Crippen LogP contribution in [-0.2, 0) is 10.0 Å². The first-order valence-electron chi connectivity index (χ1n) is 7.83. The topological polar surface area (TPSA) is 66.4 Å². The number of anilines is 1. The normalized spacial score (nSPS) is 16.6. The molecular weight excluding hydrogens is 403 g/mol. The van der Waals surface area contributed by atoms with Gasteiger partial charge in [0.25, 0.3) is 0 Å². The number of aromatic nitrogens is 2. The summed E-state index contributed by atoms with van der Waals surface area (Å²) in [6, 6.07) is 4.38. The predicted molar refractivity (Wildman–Crippen MR) is 101 cm³/mol. The summed E-state index contributed by atoms with van der Waals surface area (Å²) in [5, 5.41) is 1.41.